The van der Waals surface area contributed by atoms with E-state index in [0.29, 0.717) is 17.6 Å². The van der Waals surface area contributed by atoms with E-state index in [-0.39, 0.29) is 5.56 Å². The molecular weight excluding hydrogens is 256 g/mol. The average molecular weight is 270 g/mol. The summed E-state index contributed by atoms with van der Waals surface area (Å²) in [6, 6.07) is 8.13. The molecule has 102 valence electrons. The summed E-state index contributed by atoms with van der Waals surface area (Å²) in [6.45, 7) is 0. The van der Waals surface area contributed by atoms with Crippen molar-refractivity contribution in [3.63, 3.8) is 0 Å². The molecule has 1 aromatic carbocycles. The molecule has 6 nitrogen and oxygen atoms in total. The highest BCUT2D eigenvalue weighted by Gasteiger charge is 2.27. The Kier molecular flexibility index (Phi) is 2.98. The molecule has 4 N–H and O–H groups in total. The molecule has 20 heavy (non-hydrogen) atoms. The highest BCUT2D eigenvalue weighted by atomic mass is 16.4. The van der Waals surface area contributed by atoms with Crippen molar-refractivity contribution in [1.82, 2.24) is 9.97 Å². The number of rotatable bonds is 4. The van der Waals surface area contributed by atoms with E-state index in [1.165, 1.54) is 12.1 Å². The lowest BCUT2D eigenvalue weighted by Gasteiger charge is -2.08. The number of carbonyl (C=O) groups is 1. The smallest absolute Gasteiger partial charge is 0.335 e. The third-order valence-electron chi connectivity index (χ3n) is 3.11. The van der Waals surface area contributed by atoms with Crippen LogP contribution in [-0.4, -0.2) is 21.0 Å². The largest absolute Gasteiger partial charge is 0.478 e. The molecule has 3 rings (SSSR count). The van der Waals surface area contributed by atoms with Crippen LogP contribution in [0.5, 0.6) is 0 Å². The Balaban J connectivity index is 1.81. The minimum Gasteiger partial charge on any atom is -0.478 e. The molecule has 0 saturated heterocycles. The fourth-order valence-electron chi connectivity index (χ4n) is 1.92. The van der Waals surface area contributed by atoms with Gasteiger partial charge >= 0.3 is 5.97 Å². The van der Waals surface area contributed by atoms with E-state index in [1.807, 2.05) is 0 Å². The van der Waals surface area contributed by atoms with Gasteiger partial charge in [-0.05, 0) is 37.1 Å². The number of aromatic carboxylic acids is 1. The van der Waals surface area contributed by atoms with Crippen LogP contribution in [0.15, 0.2) is 30.3 Å². The van der Waals surface area contributed by atoms with Crippen molar-refractivity contribution >= 4 is 23.3 Å². The van der Waals surface area contributed by atoms with Crippen LogP contribution in [0.3, 0.4) is 0 Å². The van der Waals surface area contributed by atoms with Crippen LogP contribution in [0.1, 0.15) is 34.9 Å². The lowest BCUT2D eigenvalue weighted by atomic mass is 10.2. The summed E-state index contributed by atoms with van der Waals surface area (Å²) in [4.78, 5) is 19.4. The number of nitrogens with two attached hydrogens (primary N) is 1. The van der Waals surface area contributed by atoms with Crippen LogP contribution in [0.4, 0.5) is 17.3 Å². The Labute approximate surface area is 115 Å². The van der Waals surface area contributed by atoms with Gasteiger partial charge in [0.25, 0.3) is 0 Å². The molecule has 0 atom stereocenters. The summed E-state index contributed by atoms with van der Waals surface area (Å²) in [7, 11) is 0. The molecule has 1 heterocycles. The number of nitrogens with one attached hydrogen (secondary N) is 1. The van der Waals surface area contributed by atoms with Crippen molar-refractivity contribution in [2.24, 2.45) is 0 Å². The maximum absolute atomic E-state index is 10.8. The van der Waals surface area contributed by atoms with Gasteiger partial charge < -0.3 is 16.2 Å². The molecular formula is C14H14N4O2. The van der Waals surface area contributed by atoms with Gasteiger partial charge in [0, 0.05) is 17.7 Å². The maximum Gasteiger partial charge on any atom is 0.335 e. The minimum absolute atomic E-state index is 0.247. The zero-order valence-electron chi connectivity index (χ0n) is 10.7. The van der Waals surface area contributed by atoms with Crippen molar-refractivity contribution in [3.05, 3.63) is 41.7 Å². The summed E-state index contributed by atoms with van der Waals surface area (Å²) in [5.74, 6) is 1.32. The highest BCUT2D eigenvalue weighted by Crippen LogP contribution is 2.38. The molecule has 1 aromatic heterocycles. The van der Waals surface area contributed by atoms with Gasteiger partial charge in [-0.15, -0.1) is 0 Å². The van der Waals surface area contributed by atoms with E-state index in [2.05, 4.69) is 15.3 Å². The molecule has 0 bridgehead atoms. The number of carboxylic acid groups (broad SMARTS) is 1. The van der Waals surface area contributed by atoms with Gasteiger partial charge in [-0.2, -0.15) is 0 Å². The molecule has 0 spiro atoms. The van der Waals surface area contributed by atoms with Crippen molar-refractivity contribution < 1.29 is 9.90 Å². The van der Waals surface area contributed by atoms with Crippen molar-refractivity contribution in [2.75, 3.05) is 11.1 Å². The van der Waals surface area contributed by atoms with E-state index in [4.69, 9.17) is 10.8 Å². The standard InChI is InChI=1S/C14H14N4O2/c15-11-7-12(18-13(17-11)8-1-2-8)16-10-5-3-9(4-6-10)14(19)20/h3-8H,1-2H2,(H,19,20)(H3,15,16,17,18). The topological polar surface area (TPSA) is 101 Å². The molecule has 0 aliphatic heterocycles. The van der Waals surface area contributed by atoms with Crippen molar-refractivity contribution in [3.8, 4) is 0 Å². The number of anilines is 3. The van der Waals surface area contributed by atoms with E-state index in [9.17, 15) is 4.79 Å². The van der Waals surface area contributed by atoms with E-state index >= 15 is 0 Å². The molecule has 1 aliphatic rings. The summed E-state index contributed by atoms with van der Waals surface area (Å²) in [5.41, 5.74) is 6.78. The lowest BCUT2D eigenvalue weighted by molar-refractivity contribution is 0.0697. The number of hydrogen-bond acceptors (Lipinski definition) is 5. The number of benzene rings is 1. The van der Waals surface area contributed by atoms with Crippen molar-refractivity contribution in [1.29, 1.82) is 0 Å². The van der Waals surface area contributed by atoms with Crippen LogP contribution in [0, 0.1) is 0 Å². The predicted octanol–water partition coefficient (Wildman–Crippen LogP) is 2.38. The van der Waals surface area contributed by atoms with E-state index in [0.717, 1.165) is 24.4 Å². The van der Waals surface area contributed by atoms with Crippen LogP contribution in [0.25, 0.3) is 0 Å². The third kappa shape index (κ3) is 2.69. The van der Waals surface area contributed by atoms with Gasteiger partial charge in [0.1, 0.15) is 17.5 Å². The Morgan fingerprint density at radius 1 is 1.25 bits per heavy atom. The molecule has 0 radical (unpaired) electrons. The fourth-order valence-corrected chi connectivity index (χ4v) is 1.92. The summed E-state index contributed by atoms with van der Waals surface area (Å²) < 4.78 is 0. The SMILES string of the molecule is Nc1cc(Nc2ccc(C(=O)O)cc2)nc(C2CC2)n1. The first kappa shape index (κ1) is 12.4. The monoisotopic (exact) mass is 270 g/mol. The van der Waals surface area contributed by atoms with E-state index in [1.54, 1.807) is 18.2 Å². The first-order valence-corrected chi connectivity index (χ1v) is 6.36. The van der Waals surface area contributed by atoms with Crippen LogP contribution in [0.2, 0.25) is 0 Å². The molecule has 0 amide bonds. The van der Waals surface area contributed by atoms with Crippen LogP contribution < -0.4 is 11.1 Å². The summed E-state index contributed by atoms with van der Waals surface area (Å²) in [5, 5.41) is 12.0. The van der Waals surface area contributed by atoms with Gasteiger partial charge in [-0.25, -0.2) is 14.8 Å². The molecule has 1 aliphatic carbocycles. The third-order valence-corrected chi connectivity index (χ3v) is 3.11. The second-order valence-corrected chi connectivity index (χ2v) is 4.82. The number of carboxylic acids is 1. The molecule has 6 heteroatoms. The Hall–Kier alpha value is -2.63. The fraction of sp³-hybridized carbons (Fsp3) is 0.214. The van der Waals surface area contributed by atoms with Crippen molar-refractivity contribution in [2.45, 2.75) is 18.8 Å². The molecule has 1 saturated carbocycles. The first-order valence-electron chi connectivity index (χ1n) is 6.36. The van der Waals surface area contributed by atoms with Crippen LogP contribution in [-0.2, 0) is 0 Å². The number of hydrogen-bond donors (Lipinski definition) is 3. The Morgan fingerprint density at radius 3 is 2.55 bits per heavy atom. The quantitative estimate of drug-likeness (QED) is 0.788. The summed E-state index contributed by atoms with van der Waals surface area (Å²) >= 11 is 0. The molecule has 0 unspecified atom stereocenters. The zero-order chi connectivity index (χ0) is 14.1. The molecule has 2 aromatic rings. The number of nitrogen functional groups attached to an aromatic ring is 1. The lowest BCUT2D eigenvalue weighted by Crippen LogP contribution is -2.03. The Morgan fingerprint density at radius 2 is 1.95 bits per heavy atom. The van der Waals surface area contributed by atoms with Gasteiger partial charge in [0.05, 0.1) is 5.56 Å². The average Bonchev–Trinajstić information content (AvgIpc) is 3.23. The second-order valence-electron chi connectivity index (χ2n) is 4.82. The zero-order valence-corrected chi connectivity index (χ0v) is 10.7. The van der Waals surface area contributed by atoms with Gasteiger partial charge in [-0.1, -0.05) is 0 Å². The predicted molar refractivity (Wildman–Crippen MR) is 75.1 cm³/mol. The minimum atomic E-state index is -0.946. The number of nitrogens with zero attached hydrogens (tertiary/aromatic N) is 2. The number of aromatic nitrogens is 2. The maximum atomic E-state index is 10.8. The van der Waals surface area contributed by atoms with Gasteiger partial charge in [0.2, 0.25) is 0 Å². The summed E-state index contributed by atoms with van der Waals surface area (Å²) in [6.07, 6.45) is 2.21. The Bertz CT molecular complexity index is 651. The first-order chi connectivity index (χ1) is 9.61. The van der Waals surface area contributed by atoms with Gasteiger partial charge in [-0.3, -0.25) is 0 Å². The van der Waals surface area contributed by atoms with E-state index < -0.39 is 5.97 Å². The second kappa shape index (κ2) is 4.80. The highest BCUT2D eigenvalue weighted by molar-refractivity contribution is 5.88. The molecule has 1 fully saturated rings. The van der Waals surface area contributed by atoms with Crippen LogP contribution >= 0.6 is 0 Å². The van der Waals surface area contributed by atoms with Gasteiger partial charge in [0.15, 0.2) is 0 Å². The normalized spacial score (nSPS) is 14.0.